The predicted octanol–water partition coefficient (Wildman–Crippen LogP) is 3.93. The lowest BCUT2D eigenvalue weighted by Gasteiger charge is -2.27. The number of nitrogens with one attached hydrogen (secondary N) is 1. The van der Waals surface area contributed by atoms with Crippen LogP contribution in [0.2, 0.25) is 10.0 Å². The SMILES string of the molecule is CC(C)C1(c2nc(-c3cc(Cl)cc(Cl)c3)no2)CCNC1. The van der Waals surface area contributed by atoms with E-state index in [1.807, 2.05) is 0 Å². The van der Waals surface area contributed by atoms with Crippen molar-refractivity contribution in [1.29, 1.82) is 0 Å². The number of benzene rings is 1. The van der Waals surface area contributed by atoms with Crippen molar-refractivity contribution in [3.63, 3.8) is 0 Å². The summed E-state index contributed by atoms with van der Waals surface area (Å²) in [5.41, 5.74) is 0.681. The van der Waals surface area contributed by atoms with Gasteiger partial charge in [-0.15, -0.1) is 0 Å². The van der Waals surface area contributed by atoms with E-state index in [2.05, 4.69) is 29.3 Å². The van der Waals surface area contributed by atoms with Crippen molar-refractivity contribution >= 4 is 23.2 Å². The molecule has 1 aliphatic heterocycles. The molecule has 1 aliphatic rings. The van der Waals surface area contributed by atoms with Gasteiger partial charge in [-0.25, -0.2) is 0 Å². The first kappa shape index (κ1) is 14.8. The van der Waals surface area contributed by atoms with Crippen LogP contribution in [0.1, 0.15) is 26.2 Å². The predicted molar refractivity (Wildman–Crippen MR) is 83.8 cm³/mol. The molecule has 4 nitrogen and oxygen atoms in total. The molecule has 112 valence electrons. The van der Waals surface area contributed by atoms with E-state index in [-0.39, 0.29) is 5.41 Å². The fraction of sp³-hybridized carbons (Fsp3) is 0.467. The first-order valence-electron chi connectivity index (χ1n) is 7.03. The molecule has 2 heterocycles. The smallest absolute Gasteiger partial charge is 0.234 e. The molecule has 1 fully saturated rings. The van der Waals surface area contributed by atoms with Crippen LogP contribution in [0.5, 0.6) is 0 Å². The molecule has 0 bridgehead atoms. The van der Waals surface area contributed by atoms with Crippen LogP contribution in [0.25, 0.3) is 11.4 Å². The summed E-state index contributed by atoms with van der Waals surface area (Å²) < 4.78 is 5.56. The Hall–Kier alpha value is -1.10. The maximum Gasteiger partial charge on any atom is 0.234 e. The van der Waals surface area contributed by atoms with Gasteiger partial charge in [0.25, 0.3) is 0 Å². The van der Waals surface area contributed by atoms with Gasteiger partial charge >= 0.3 is 0 Å². The molecule has 1 saturated heterocycles. The first-order valence-corrected chi connectivity index (χ1v) is 7.78. The Morgan fingerprint density at radius 2 is 1.95 bits per heavy atom. The summed E-state index contributed by atoms with van der Waals surface area (Å²) in [7, 11) is 0. The van der Waals surface area contributed by atoms with Gasteiger partial charge in [-0.2, -0.15) is 4.98 Å². The van der Waals surface area contributed by atoms with Gasteiger partial charge in [0.2, 0.25) is 11.7 Å². The minimum Gasteiger partial charge on any atom is -0.338 e. The van der Waals surface area contributed by atoms with E-state index in [4.69, 9.17) is 27.7 Å². The summed E-state index contributed by atoms with van der Waals surface area (Å²) >= 11 is 12.1. The van der Waals surface area contributed by atoms with Crippen molar-refractivity contribution < 1.29 is 4.52 Å². The lowest BCUT2D eigenvalue weighted by Crippen LogP contribution is -2.35. The molecular weight excluding hydrogens is 309 g/mol. The van der Waals surface area contributed by atoms with E-state index in [1.54, 1.807) is 18.2 Å². The van der Waals surface area contributed by atoms with Gasteiger partial charge in [-0.1, -0.05) is 42.2 Å². The highest BCUT2D eigenvalue weighted by molar-refractivity contribution is 6.35. The molecular formula is C15H17Cl2N3O. The first-order chi connectivity index (χ1) is 10.0. The minimum absolute atomic E-state index is 0.0897. The molecule has 1 N–H and O–H groups in total. The number of nitrogens with zero attached hydrogens (tertiary/aromatic N) is 2. The van der Waals surface area contributed by atoms with Crippen LogP contribution in [-0.4, -0.2) is 23.2 Å². The Balaban J connectivity index is 1.99. The second-order valence-electron chi connectivity index (χ2n) is 5.82. The van der Waals surface area contributed by atoms with Gasteiger partial charge < -0.3 is 9.84 Å². The zero-order valence-electron chi connectivity index (χ0n) is 12.0. The van der Waals surface area contributed by atoms with Crippen LogP contribution in [-0.2, 0) is 5.41 Å². The Morgan fingerprint density at radius 3 is 2.52 bits per heavy atom. The topological polar surface area (TPSA) is 51.0 Å². The van der Waals surface area contributed by atoms with E-state index < -0.39 is 0 Å². The van der Waals surface area contributed by atoms with E-state index in [0.29, 0.717) is 27.7 Å². The van der Waals surface area contributed by atoms with Gasteiger partial charge in [0.05, 0.1) is 5.41 Å². The lowest BCUT2D eigenvalue weighted by atomic mass is 9.76. The second kappa shape index (κ2) is 5.59. The molecule has 1 atom stereocenters. The van der Waals surface area contributed by atoms with Crippen LogP contribution in [0.15, 0.2) is 22.7 Å². The van der Waals surface area contributed by atoms with Crippen LogP contribution >= 0.6 is 23.2 Å². The average molecular weight is 326 g/mol. The molecule has 1 unspecified atom stereocenters. The van der Waals surface area contributed by atoms with Crippen molar-refractivity contribution in [2.24, 2.45) is 5.92 Å². The van der Waals surface area contributed by atoms with Crippen LogP contribution < -0.4 is 5.32 Å². The van der Waals surface area contributed by atoms with Gasteiger partial charge in [0.1, 0.15) is 0 Å². The minimum atomic E-state index is -0.0897. The summed E-state index contributed by atoms with van der Waals surface area (Å²) in [6.45, 7) is 6.21. The van der Waals surface area contributed by atoms with E-state index in [0.717, 1.165) is 25.1 Å². The third-order valence-electron chi connectivity index (χ3n) is 4.27. The molecule has 1 aromatic carbocycles. The standard InChI is InChI=1S/C15H17Cl2N3O/c1-9(2)15(3-4-18-8-15)14-19-13(20-21-14)10-5-11(16)7-12(17)6-10/h5-7,9,18H,3-4,8H2,1-2H3. The molecule has 2 aromatic rings. The molecule has 0 spiro atoms. The normalized spacial score (nSPS) is 22.1. The van der Waals surface area contributed by atoms with E-state index in [9.17, 15) is 0 Å². The molecule has 21 heavy (non-hydrogen) atoms. The fourth-order valence-electron chi connectivity index (χ4n) is 2.86. The quantitative estimate of drug-likeness (QED) is 0.928. The Labute approximate surface area is 133 Å². The second-order valence-corrected chi connectivity index (χ2v) is 6.69. The van der Waals surface area contributed by atoms with Crippen molar-refractivity contribution in [2.75, 3.05) is 13.1 Å². The molecule has 0 amide bonds. The van der Waals surface area contributed by atoms with Crippen molar-refractivity contribution in [2.45, 2.75) is 25.7 Å². The van der Waals surface area contributed by atoms with E-state index >= 15 is 0 Å². The van der Waals surface area contributed by atoms with Crippen LogP contribution in [0, 0.1) is 5.92 Å². The van der Waals surface area contributed by atoms with Gasteiger partial charge in [-0.05, 0) is 37.1 Å². The van der Waals surface area contributed by atoms with E-state index in [1.165, 1.54) is 0 Å². The van der Waals surface area contributed by atoms with Crippen molar-refractivity contribution in [1.82, 2.24) is 15.5 Å². The Morgan fingerprint density at radius 1 is 1.24 bits per heavy atom. The highest BCUT2D eigenvalue weighted by atomic mass is 35.5. The van der Waals surface area contributed by atoms with Crippen LogP contribution in [0.4, 0.5) is 0 Å². The maximum atomic E-state index is 6.03. The van der Waals surface area contributed by atoms with Crippen LogP contribution in [0.3, 0.4) is 0 Å². The molecule has 0 radical (unpaired) electrons. The molecule has 3 rings (SSSR count). The number of hydrogen-bond acceptors (Lipinski definition) is 4. The molecule has 6 heteroatoms. The zero-order valence-corrected chi connectivity index (χ0v) is 13.5. The Bertz CT molecular complexity index is 628. The highest BCUT2D eigenvalue weighted by Crippen LogP contribution is 2.38. The molecule has 1 aromatic heterocycles. The third-order valence-corrected chi connectivity index (χ3v) is 4.70. The van der Waals surface area contributed by atoms with Crippen molar-refractivity contribution in [3.05, 3.63) is 34.1 Å². The monoisotopic (exact) mass is 325 g/mol. The highest BCUT2D eigenvalue weighted by Gasteiger charge is 2.43. The zero-order chi connectivity index (χ0) is 15.0. The van der Waals surface area contributed by atoms with Crippen molar-refractivity contribution in [3.8, 4) is 11.4 Å². The summed E-state index contributed by atoms with van der Waals surface area (Å²) in [4.78, 5) is 4.60. The fourth-order valence-corrected chi connectivity index (χ4v) is 3.39. The summed E-state index contributed by atoms with van der Waals surface area (Å²) in [5, 5.41) is 8.62. The summed E-state index contributed by atoms with van der Waals surface area (Å²) in [6.07, 6.45) is 1.00. The molecule has 0 saturated carbocycles. The van der Waals surface area contributed by atoms with Gasteiger partial charge in [0.15, 0.2) is 0 Å². The van der Waals surface area contributed by atoms with Gasteiger partial charge in [-0.3, -0.25) is 0 Å². The maximum absolute atomic E-state index is 6.03. The third kappa shape index (κ3) is 2.68. The lowest BCUT2D eigenvalue weighted by molar-refractivity contribution is 0.234. The number of halogens is 2. The van der Waals surface area contributed by atoms with Gasteiger partial charge in [0, 0.05) is 22.2 Å². The number of aromatic nitrogens is 2. The molecule has 0 aliphatic carbocycles. The number of rotatable bonds is 3. The number of hydrogen-bond donors (Lipinski definition) is 1. The largest absolute Gasteiger partial charge is 0.338 e. The average Bonchev–Trinajstić information content (AvgIpc) is 3.07. The Kier molecular flexibility index (Phi) is 3.95. The summed E-state index contributed by atoms with van der Waals surface area (Å²) in [5.74, 6) is 1.64. The summed E-state index contributed by atoms with van der Waals surface area (Å²) in [6, 6.07) is 5.26.